The maximum absolute atomic E-state index is 12.5. The first kappa shape index (κ1) is 8.43. The van der Waals surface area contributed by atoms with Crippen LogP contribution in [0, 0.1) is 5.82 Å². The summed E-state index contributed by atoms with van der Waals surface area (Å²) in [5, 5.41) is 0.374. The molecule has 0 saturated heterocycles. The molecule has 0 aliphatic rings. The van der Waals surface area contributed by atoms with Crippen molar-refractivity contribution in [2.45, 2.75) is 0 Å². The quantitative estimate of drug-likeness (QED) is 0.685. The van der Waals surface area contributed by atoms with Crippen molar-refractivity contribution in [2.24, 2.45) is 5.73 Å². The van der Waals surface area contributed by atoms with Crippen LogP contribution in [0.25, 0.3) is 0 Å². The lowest BCUT2D eigenvalue weighted by Gasteiger charge is -1.99. The van der Waals surface area contributed by atoms with E-state index in [2.05, 4.69) is 12.2 Å². The molecule has 0 aliphatic heterocycles. The summed E-state index contributed by atoms with van der Waals surface area (Å²) in [5.74, 6) is -0.391. The number of nitrogens with two attached hydrogens (primary N) is 1. The van der Waals surface area contributed by atoms with Gasteiger partial charge in [0.25, 0.3) is 0 Å². The number of benzene rings is 1. The Labute approximate surface area is 74.0 Å². The van der Waals surface area contributed by atoms with Crippen LogP contribution in [0.3, 0.4) is 0 Å². The van der Waals surface area contributed by atoms with Gasteiger partial charge >= 0.3 is 0 Å². The van der Waals surface area contributed by atoms with Gasteiger partial charge in [0.05, 0.1) is 5.02 Å². The lowest BCUT2D eigenvalue weighted by atomic mass is 10.2. The van der Waals surface area contributed by atoms with Crippen LogP contribution in [0.2, 0.25) is 5.02 Å². The van der Waals surface area contributed by atoms with Crippen LogP contribution in [-0.4, -0.2) is 4.99 Å². The van der Waals surface area contributed by atoms with Gasteiger partial charge in [0.2, 0.25) is 0 Å². The summed E-state index contributed by atoms with van der Waals surface area (Å²) in [4.78, 5) is 0.106. The first-order valence-electron chi connectivity index (χ1n) is 2.86. The maximum atomic E-state index is 12.5. The molecule has 0 amide bonds. The van der Waals surface area contributed by atoms with Crippen molar-refractivity contribution >= 4 is 28.8 Å². The molecule has 2 N–H and O–H groups in total. The summed E-state index contributed by atoms with van der Waals surface area (Å²) in [5.41, 5.74) is 5.64. The lowest BCUT2D eigenvalue weighted by Crippen LogP contribution is -2.10. The van der Waals surface area contributed by atoms with E-state index in [0.717, 1.165) is 0 Å². The highest BCUT2D eigenvalue weighted by molar-refractivity contribution is 7.80. The SMILES string of the molecule is NC(=S)c1cc(F)ccc1Cl. The van der Waals surface area contributed by atoms with Crippen LogP contribution in [-0.2, 0) is 0 Å². The first-order chi connectivity index (χ1) is 5.11. The van der Waals surface area contributed by atoms with Gasteiger partial charge in [0.15, 0.2) is 0 Å². The third kappa shape index (κ3) is 1.88. The van der Waals surface area contributed by atoms with Gasteiger partial charge in [-0.25, -0.2) is 4.39 Å². The Morgan fingerprint density at radius 2 is 2.18 bits per heavy atom. The van der Waals surface area contributed by atoms with Crippen molar-refractivity contribution in [2.75, 3.05) is 0 Å². The molecule has 0 saturated carbocycles. The molecule has 1 aromatic rings. The van der Waals surface area contributed by atoms with Gasteiger partial charge < -0.3 is 5.73 Å². The third-order valence-electron chi connectivity index (χ3n) is 1.19. The Morgan fingerprint density at radius 1 is 1.55 bits per heavy atom. The molecule has 0 radical (unpaired) electrons. The fourth-order valence-electron chi connectivity index (χ4n) is 0.686. The number of rotatable bonds is 1. The Balaban J connectivity index is 3.23. The van der Waals surface area contributed by atoms with Gasteiger partial charge in [-0.15, -0.1) is 0 Å². The highest BCUT2D eigenvalue weighted by Gasteiger charge is 2.03. The number of hydrogen-bond acceptors (Lipinski definition) is 1. The average Bonchev–Trinajstić information content (AvgIpc) is 1.94. The zero-order chi connectivity index (χ0) is 8.43. The maximum Gasteiger partial charge on any atom is 0.124 e. The Morgan fingerprint density at radius 3 is 2.64 bits per heavy atom. The smallest absolute Gasteiger partial charge is 0.124 e. The van der Waals surface area contributed by atoms with Crippen LogP contribution < -0.4 is 5.73 Å². The molecule has 1 rings (SSSR count). The minimum Gasteiger partial charge on any atom is -0.389 e. The zero-order valence-electron chi connectivity index (χ0n) is 5.47. The normalized spacial score (nSPS) is 9.64. The molecule has 4 heteroatoms. The second-order valence-corrected chi connectivity index (χ2v) is 2.84. The largest absolute Gasteiger partial charge is 0.389 e. The molecule has 0 spiro atoms. The Bertz CT molecular complexity index is 300. The van der Waals surface area contributed by atoms with Crippen molar-refractivity contribution in [3.63, 3.8) is 0 Å². The molecule has 0 heterocycles. The molecule has 0 bridgehead atoms. The second kappa shape index (κ2) is 3.15. The fourth-order valence-corrected chi connectivity index (χ4v) is 1.13. The van der Waals surface area contributed by atoms with Gasteiger partial charge in [0.1, 0.15) is 10.8 Å². The van der Waals surface area contributed by atoms with E-state index < -0.39 is 5.82 Å². The predicted molar refractivity (Wildman–Crippen MR) is 47.3 cm³/mol. The van der Waals surface area contributed by atoms with Gasteiger partial charge in [-0.3, -0.25) is 0 Å². The van der Waals surface area contributed by atoms with Gasteiger partial charge in [-0.1, -0.05) is 23.8 Å². The van der Waals surface area contributed by atoms with Crippen LogP contribution in [0.4, 0.5) is 4.39 Å². The molecule has 0 aliphatic carbocycles. The van der Waals surface area contributed by atoms with Crippen LogP contribution >= 0.6 is 23.8 Å². The first-order valence-corrected chi connectivity index (χ1v) is 3.65. The summed E-state index contributed by atoms with van der Waals surface area (Å²) in [6, 6.07) is 3.89. The molecule has 0 unspecified atom stereocenters. The number of thiocarbonyl (C=S) groups is 1. The molecule has 1 aromatic carbocycles. The molecular weight excluding hydrogens is 185 g/mol. The van der Waals surface area contributed by atoms with Gasteiger partial charge in [0, 0.05) is 5.56 Å². The van der Waals surface area contributed by atoms with E-state index in [9.17, 15) is 4.39 Å². The Hall–Kier alpha value is -0.670. The molecule has 1 nitrogen and oxygen atoms in total. The molecule has 11 heavy (non-hydrogen) atoms. The van der Waals surface area contributed by atoms with Crippen molar-refractivity contribution < 1.29 is 4.39 Å². The summed E-state index contributed by atoms with van der Waals surface area (Å²) in [6.07, 6.45) is 0. The van der Waals surface area contributed by atoms with E-state index in [1.807, 2.05) is 0 Å². The van der Waals surface area contributed by atoms with Crippen LogP contribution in [0.1, 0.15) is 5.56 Å². The fraction of sp³-hybridized carbons (Fsp3) is 0. The predicted octanol–water partition coefficient (Wildman–Crippen LogP) is 2.11. The van der Waals surface area contributed by atoms with E-state index in [1.165, 1.54) is 18.2 Å². The van der Waals surface area contributed by atoms with Crippen molar-refractivity contribution in [3.05, 3.63) is 34.6 Å². The monoisotopic (exact) mass is 189 g/mol. The summed E-state index contributed by atoms with van der Waals surface area (Å²) < 4.78 is 12.5. The summed E-state index contributed by atoms with van der Waals surface area (Å²) in [6.45, 7) is 0. The van der Waals surface area contributed by atoms with Crippen molar-refractivity contribution in [1.29, 1.82) is 0 Å². The molecular formula is C7H5ClFNS. The van der Waals surface area contributed by atoms with Crippen molar-refractivity contribution in [3.8, 4) is 0 Å². The summed E-state index contributed by atoms with van der Waals surface area (Å²) >= 11 is 10.3. The number of halogens is 2. The zero-order valence-corrected chi connectivity index (χ0v) is 7.05. The topological polar surface area (TPSA) is 26.0 Å². The highest BCUT2D eigenvalue weighted by atomic mass is 35.5. The standard InChI is InChI=1S/C7H5ClFNS/c8-6-2-1-4(9)3-5(6)7(10)11/h1-3H,(H2,10,11). The molecule has 0 fully saturated rings. The van der Waals surface area contributed by atoms with Crippen LogP contribution in [0.15, 0.2) is 18.2 Å². The van der Waals surface area contributed by atoms with Crippen molar-refractivity contribution in [1.82, 2.24) is 0 Å². The molecule has 58 valence electrons. The van der Waals surface area contributed by atoms with Gasteiger partial charge in [-0.05, 0) is 18.2 Å². The number of hydrogen-bond donors (Lipinski definition) is 1. The minimum atomic E-state index is -0.391. The highest BCUT2D eigenvalue weighted by Crippen LogP contribution is 2.16. The molecule has 0 aromatic heterocycles. The van der Waals surface area contributed by atoms with Crippen LogP contribution in [0.5, 0.6) is 0 Å². The summed E-state index contributed by atoms with van der Waals surface area (Å²) in [7, 11) is 0. The van der Waals surface area contributed by atoms with E-state index in [4.69, 9.17) is 17.3 Å². The Kier molecular flexibility index (Phi) is 2.42. The van der Waals surface area contributed by atoms with E-state index in [1.54, 1.807) is 0 Å². The second-order valence-electron chi connectivity index (χ2n) is 1.99. The molecule has 0 atom stereocenters. The van der Waals surface area contributed by atoms with Gasteiger partial charge in [-0.2, -0.15) is 0 Å². The minimum absolute atomic E-state index is 0.106. The average molecular weight is 190 g/mol. The lowest BCUT2D eigenvalue weighted by molar-refractivity contribution is 0.627. The van der Waals surface area contributed by atoms with E-state index in [0.29, 0.717) is 10.6 Å². The third-order valence-corrected chi connectivity index (χ3v) is 1.74. The van der Waals surface area contributed by atoms with E-state index >= 15 is 0 Å². The van der Waals surface area contributed by atoms with E-state index in [-0.39, 0.29) is 4.99 Å².